The Morgan fingerprint density at radius 1 is 1.00 bits per heavy atom. The highest BCUT2D eigenvalue weighted by Gasteiger charge is 2.26. The minimum Gasteiger partial charge on any atom is -0.350 e. The van der Waals surface area contributed by atoms with Crippen molar-refractivity contribution < 1.29 is 22.4 Å². The second kappa shape index (κ2) is 11.4. The lowest BCUT2D eigenvalue weighted by Crippen LogP contribution is -2.40. The molecule has 0 saturated carbocycles. The molecule has 0 aromatic heterocycles. The smallest absolute Gasteiger partial charge is 0.254 e. The number of nitrogens with one attached hydrogen (secondary N) is 1. The summed E-state index contributed by atoms with van der Waals surface area (Å²) in [5.74, 6) is -1.25. The predicted octanol–water partition coefficient (Wildman–Crippen LogP) is 3.29. The van der Waals surface area contributed by atoms with Crippen molar-refractivity contribution in [2.45, 2.75) is 32.2 Å². The van der Waals surface area contributed by atoms with Crippen molar-refractivity contribution in [3.63, 3.8) is 0 Å². The number of carbonyl (C=O) groups is 2. The van der Waals surface area contributed by atoms with Gasteiger partial charge in [-0.05, 0) is 42.8 Å². The Kier molecular flexibility index (Phi) is 9.18. The second-order valence-corrected chi connectivity index (χ2v) is 9.27. The lowest BCUT2D eigenvalue weighted by Gasteiger charge is -2.22. The number of sulfonamides is 1. The minimum absolute atomic E-state index is 0.0218. The van der Waals surface area contributed by atoms with Crippen LogP contribution in [0.2, 0.25) is 5.02 Å². The van der Waals surface area contributed by atoms with Gasteiger partial charge in [0.25, 0.3) is 5.91 Å². The van der Waals surface area contributed by atoms with Crippen LogP contribution in [-0.2, 0) is 21.4 Å². The lowest BCUT2D eigenvalue weighted by molar-refractivity contribution is -0.121. The van der Waals surface area contributed by atoms with E-state index in [0.29, 0.717) is 0 Å². The molecule has 2 rings (SSSR count). The van der Waals surface area contributed by atoms with Gasteiger partial charge < -0.3 is 10.2 Å². The van der Waals surface area contributed by atoms with Gasteiger partial charge in [0.2, 0.25) is 15.9 Å². The van der Waals surface area contributed by atoms with E-state index in [1.54, 1.807) is 32.9 Å². The molecule has 2 aromatic rings. The van der Waals surface area contributed by atoms with Gasteiger partial charge in [-0.3, -0.25) is 9.59 Å². The Bertz CT molecular complexity index is 1060. The summed E-state index contributed by atoms with van der Waals surface area (Å²) in [6.07, 6.45) is 0. The van der Waals surface area contributed by atoms with Gasteiger partial charge in [-0.2, -0.15) is 4.31 Å². The van der Waals surface area contributed by atoms with Crippen LogP contribution in [0, 0.1) is 5.82 Å². The van der Waals surface area contributed by atoms with Crippen LogP contribution in [0.5, 0.6) is 0 Å². The molecule has 0 bridgehead atoms. The molecule has 0 fully saturated rings. The number of benzene rings is 2. The minimum atomic E-state index is -3.86. The van der Waals surface area contributed by atoms with E-state index in [1.165, 1.54) is 39.5 Å². The molecule has 0 saturated heterocycles. The van der Waals surface area contributed by atoms with E-state index in [2.05, 4.69) is 5.32 Å². The molecule has 1 N–H and O–H groups in total. The summed E-state index contributed by atoms with van der Waals surface area (Å²) in [5, 5.41) is 2.71. The second-order valence-electron chi connectivity index (χ2n) is 6.96. The molecule has 0 radical (unpaired) electrons. The van der Waals surface area contributed by atoms with E-state index in [1.807, 2.05) is 0 Å². The molecule has 7 nitrogen and oxygen atoms in total. The van der Waals surface area contributed by atoms with Crippen molar-refractivity contribution in [1.29, 1.82) is 0 Å². The van der Waals surface area contributed by atoms with E-state index < -0.39 is 21.8 Å². The number of likely N-dealkylation sites (N-methyl/N-ethyl adjacent to an activating group) is 1. The van der Waals surface area contributed by atoms with Crippen molar-refractivity contribution in [3.05, 3.63) is 64.4 Å². The first-order valence-electron chi connectivity index (χ1n) is 10.2. The molecule has 174 valence electrons. The van der Waals surface area contributed by atoms with Crippen LogP contribution in [-0.4, -0.2) is 55.6 Å². The van der Waals surface area contributed by atoms with E-state index in [4.69, 9.17) is 11.6 Å². The van der Waals surface area contributed by atoms with Crippen molar-refractivity contribution in [3.8, 4) is 0 Å². The number of amides is 2. The van der Waals surface area contributed by atoms with Crippen molar-refractivity contribution in [2.75, 3.05) is 26.2 Å². The third-order valence-corrected chi connectivity index (χ3v) is 7.44. The van der Waals surface area contributed by atoms with Crippen LogP contribution < -0.4 is 5.32 Å². The van der Waals surface area contributed by atoms with Gasteiger partial charge in [0, 0.05) is 31.7 Å². The Labute approximate surface area is 193 Å². The number of hydrogen-bond donors (Lipinski definition) is 1. The number of carbonyl (C=O) groups excluding carboxylic acids is 2. The molecule has 0 atom stereocenters. The zero-order valence-corrected chi connectivity index (χ0v) is 19.8. The summed E-state index contributed by atoms with van der Waals surface area (Å²) in [7, 11) is -3.86. The van der Waals surface area contributed by atoms with E-state index in [9.17, 15) is 22.4 Å². The first kappa shape index (κ1) is 25.8. The van der Waals surface area contributed by atoms with E-state index in [0.717, 1.165) is 5.56 Å². The van der Waals surface area contributed by atoms with Gasteiger partial charge in [-0.15, -0.1) is 0 Å². The lowest BCUT2D eigenvalue weighted by atomic mass is 10.2. The largest absolute Gasteiger partial charge is 0.350 e. The Morgan fingerprint density at radius 3 is 2.19 bits per heavy atom. The molecule has 0 unspecified atom stereocenters. The summed E-state index contributed by atoms with van der Waals surface area (Å²) < 4.78 is 40.0. The number of rotatable bonds is 10. The zero-order valence-electron chi connectivity index (χ0n) is 18.3. The van der Waals surface area contributed by atoms with Crippen LogP contribution in [0.4, 0.5) is 4.39 Å². The number of hydrogen-bond acceptors (Lipinski definition) is 4. The van der Waals surface area contributed by atoms with Crippen molar-refractivity contribution in [1.82, 2.24) is 14.5 Å². The topological polar surface area (TPSA) is 86.8 Å². The Hall–Kier alpha value is -2.49. The van der Waals surface area contributed by atoms with Crippen LogP contribution in [0.3, 0.4) is 0 Å². The van der Waals surface area contributed by atoms with Crippen LogP contribution in [0.1, 0.15) is 36.7 Å². The predicted molar refractivity (Wildman–Crippen MR) is 121 cm³/mol. The summed E-state index contributed by atoms with van der Waals surface area (Å²) in [4.78, 5) is 26.5. The monoisotopic (exact) mass is 483 g/mol. The fourth-order valence-corrected chi connectivity index (χ4v) is 5.04. The summed E-state index contributed by atoms with van der Waals surface area (Å²) in [6.45, 7) is 5.90. The Balaban J connectivity index is 2.15. The SMILES string of the molecule is CCN(CC(=O)NCc1ccc(F)cc1)C(=O)c1ccc(Cl)c(S(=O)(=O)N(CC)CC)c1. The normalized spacial score (nSPS) is 11.4. The van der Waals surface area contributed by atoms with Crippen LogP contribution in [0.15, 0.2) is 47.4 Å². The Morgan fingerprint density at radius 2 is 1.62 bits per heavy atom. The fourth-order valence-electron chi connectivity index (χ4n) is 3.08. The van der Waals surface area contributed by atoms with Gasteiger partial charge in [-0.25, -0.2) is 12.8 Å². The molecular formula is C22H27ClFN3O4S. The van der Waals surface area contributed by atoms with Gasteiger partial charge >= 0.3 is 0 Å². The quantitative estimate of drug-likeness (QED) is 0.561. The van der Waals surface area contributed by atoms with Crippen molar-refractivity contribution >= 4 is 33.4 Å². The van der Waals surface area contributed by atoms with Crippen LogP contribution in [0.25, 0.3) is 0 Å². The molecule has 0 aliphatic carbocycles. The number of halogens is 2. The first-order chi connectivity index (χ1) is 15.1. The maximum absolute atomic E-state index is 13.0. The molecule has 0 heterocycles. The molecule has 0 aliphatic heterocycles. The highest BCUT2D eigenvalue weighted by Crippen LogP contribution is 2.26. The fraction of sp³-hybridized carbons (Fsp3) is 0.364. The van der Waals surface area contributed by atoms with Crippen LogP contribution >= 0.6 is 11.6 Å². The van der Waals surface area contributed by atoms with Gasteiger partial charge in [0.1, 0.15) is 10.7 Å². The molecule has 0 spiro atoms. The zero-order chi connectivity index (χ0) is 23.9. The standard InChI is InChI=1S/C22H27ClFN3O4S/c1-4-26(15-21(28)25-14-16-7-10-18(24)11-8-16)22(29)17-9-12-19(23)20(13-17)32(30,31)27(5-2)6-3/h7-13H,4-6,14-15H2,1-3H3,(H,25,28). The average Bonchev–Trinajstić information content (AvgIpc) is 2.77. The van der Waals surface area contributed by atoms with Gasteiger partial charge in [0.05, 0.1) is 11.6 Å². The molecule has 10 heteroatoms. The van der Waals surface area contributed by atoms with Gasteiger partial charge in [0.15, 0.2) is 0 Å². The van der Waals surface area contributed by atoms with E-state index in [-0.39, 0.29) is 54.0 Å². The highest BCUT2D eigenvalue weighted by atomic mass is 35.5. The molecular weight excluding hydrogens is 457 g/mol. The third-order valence-electron chi connectivity index (χ3n) is 4.91. The maximum Gasteiger partial charge on any atom is 0.254 e. The number of nitrogens with zero attached hydrogens (tertiary/aromatic N) is 2. The average molecular weight is 484 g/mol. The summed E-state index contributed by atoms with van der Waals surface area (Å²) >= 11 is 6.13. The summed E-state index contributed by atoms with van der Waals surface area (Å²) in [6, 6.07) is 9.77. The molecule has 32 heavy (non-hydrogen) atoms. The molecule has 2 amide bonds. The van der Waals surface area contributed by atoms with Gasteiger partial charge in [-0.1, -0.05) is 37.6 Å². The van der Waals surface area contributed by atoms with Crippen molar-refractivity contribution in [2.24, 2.45) is 0 Å². The molecule has 0 aliphatic rings. The van der Waals surface area contributed by atoms with E-state index >= 15 is 0 Å². The molecule has 2 aromatic carbocycles. The third kappa shape index (κ3) is 6.27. The highest BCUT2D eigenvalue weighted by molar-refractivity contribution is 7.89. The maximum atomic E-state index is 13.0. The summed E-state index contributed by atoms with van der Waals surface area (Å²) in [5.41, 5.74) is 0.839. The first-order valence-corrected chi connectivity index (χ1v) is 12.1.